The van der Waals surface area contributed by atoms with E-state index in [0.717, 1.165) is 33.4 Å². The van der Waals surface area contributed by atoms with Crippen LogP contribution in [-0.2, 0) is 11.2 Å². The SMILES string of the molecule is COc1cccc(N(C)C(=O)c2c(-c3ccc4c(c3)Cc3cc(F)ccc3-4)csc2NC=O)c1. The van der Waals surface area contributed by atoms with Crippen LogP contribution in [0.15, 0.2) is 66.0 Å². The van der Waals surface area contributed by atoms with Gasteiger partial charge in [0, 0.05) is 29.7 Å². The van der Waals surface area contributed by atoms with Gasteiger partial charge in [-0.3, -0.25) is 9.59 Å². The molecule has 4 aromatic rings. The summed E-state index contributed by atoms with van der Waals surface area (Å²) in [6.45, 7) is 0. The fourth-order valence-electron chi connectivity index (χ4n) is 4.39. The molecule has 1 N–H and O–H groups in total. The Labute approximate surface area is 200 Å². The predicted octanol–water partition coefficient (Wildman–Crippen LogP) is 5.98. The Kier molecular flexibility index (Phi) is 5.63. The first-order valence-electron chi connectivity index (χ1n) is 10.7. The van der Waals surface area contributed by atoms with Crippen LogP contribution >= 0.6 is 11.3 Å². The number of hydrogen-bond acceptors (Lipinski definition) is 4. The topological polar surface area (TPSA) is 58.6 Å². The number of halogens is 1. The van der Waals surface area contributed by atoms with Crippen molar-refractivity contribution in [1.82, 2.24) is 0 Å². The Morgan fingerprint density at radius 2 is 1.82 bits per heavy atom. The van der Waals surface area contributed by atoms with Gasteiger partial charge in [-0.05, 0) is 58.5 Å². The third-order valence-corrected chi connectivity index (χ3v) is 7.01. The molecular formula is C27H21FN2O3S. The van der Waals surface area contributed by atoms with E-state index in [0.29, 0.717) is 34.8 Å². The van der Waals surface area contributed by atoms with Crippen LogP contribution in [0.25, 0.3) is 22.3 Å². The zero-order valence-corrected chi connectivity index (χ0v) is 19.4. The van der Waals surface area contributed by atoms with E-state index in [4.69, 9.17) is 4.74 Å². The number of carbonyl (C=O) groups is 2. The molecule has 0 radical (unpaired) electrons. The second-order valence-electron chi connectivity index (χ2n) is 8.03. The van der Waals surface area contributed by atoms with Gasteiger partial charge in [0.05, 0.1) is 12.7 Å². The molecule has 0 unspecified atom stereocenters. The maximum absolute atomic E-state index is 13.7. The van der Waals surface area contributed by atoms with Crippen LogP contribution in [0, 0.1) is 5.82 Å². The molecule has 7 heteroatoms. The minimum atomic E-state index is -0.250. The monoisotopic (exact) mass is 472 g/mol. The fourth-order valence-corrected chi connectivity index (χ4v) is 5.31. The molecule has 0 aliphatic heterocycles. The highest BCUT2D eigenvalue weighted by Crippen LogP contribution is 2.42. The number of thiophene rings is 1. The molecule has 0 saturated carbocycles. The highest BCUT2D eigenvalue weighted by molar-refractivity contribution is 7.15. The lowest BCUT2D eigenvalue weighted by Gasteiger charge is -2.19. The quantitative estimate of drug-likeness (QED) is 0.309. The van der Waals surface area contributed by atoms with Crippen molar-refractivity contribution < 1.29 is 18.7 Å². The van der Waals surface area contributed by atoms with Crippen molar-refractivity contribution in [2.45, 2.75) is 6.42 Å². The van der Waals surface area contributed by atoms with Crippen molar-refractivity contribution >= 4 is 34.3 Å². The fraction of sp³-hybridized carbons (Fsp3) is 0.111. The van der Waals surface area contributed by atoms with Crippen LogP contribution in [0.1, 0.15) is 21.5 Å². The number of rotatable bonds is 6. The lowest BCUT2D eigenvalue weighted by atomic mass is 9.97. The van der Waals surface area contributed by atoms with Gasteiger partial charge in [-0.25, -0.2) is 4.39 Å². The third kappa shape index (κ3) is 3.74. The number of nitrogens with one attached hydrogen (secondary N) is 1. The lowest BCUT2D eigenvalue weighted by Crippen LogP contribution is -2.27. The first-order chi connectivity index (χ1) is 16.5. The number of fused-ring (bicyclic) bond motifs is 3. The summed E-state index contributed by atoms with van der Waals surface area (Å²) in [5, 5.41) is 5.03. The lowest BCUT2D eigenvalue weighted by molar-refractivity contribution is -0.105. The summed E-state index contributed by atoms with van der Waals surface area (Å²) in [5.74, 6) is 0.144. The smallest absolute Gasteiger partial charge is 0.261 e. The Hall–Kier alpha value is -3.97. The summed E-state index contributed by atoms with van der Waals surface area (Å²) < 4.78 is 19.0. The predicted molar refractivity (Wildman–Crippen MR) is 133 cm³/mol. The summed E-state index contributed by atoms with van der Waals surface area (Å²) >= 11 is 1.30. The zero-order valence-electron chi connectivity index (χ0n) is 18.6. The number of ether oxygens (including phenoxy) is 1. The van der Waals surface area contributed by atoms with E-state index in [9.17, 15) is 14.0 Å². The second kappa shape index (κ2) is 8.76. The molecular weight excluding hydrogens is 451 g/mol. The van der Waals surface area contributed by atoms with Gasteiger partial charge >= 0.3 is 0 Å². The molecule has 5 nitrogen and oxygen atoms in total. The Balaban J connectivity index is 1.55. The third-order valence-electron chi connectivity index (χ3n) is 6.09. The van der Waals surface area contributed by atoms with Crippen LogP contribution in [-0.4, -0.2) is 26.5 Å². The molecule has 3 aromatic carbocycles. The minimum Gasteiger partial charge on any atom is -0.497 e. The van der Waals surface area contributed by atoms with Crippen molar-refractivity contribution in [1.29, 1.82) is 0 Å². The Morgan fingerprint density at radius 1 is 1.06 bits per heavy atom. The summed E-state index contributed by atoms with van der Waals surface area (Å²) in [6, 6.07) is 18.1. The molecule has 2 amide bonds. The maximum atomic E-state index is 13.7. The molecule has 0 atom stereocenters. The number of amides is 2. The van der Waals surface area contributed by atoms with Crippen molar-refractivity contribution in [2.24, 2.45) is 0 Å². The van der Waals surface area contributed by atoms with Crippen LogP contribution < -0.4 is 15.0 Å². The van der Waals surface area contributed by atoms with Gasteiger partial charge in [0.25, 0.3) is 5.91 Å². The second-order valence-corrected chi connectivity index (χ2v) is 8.91. The van der Waals surface area contributed by atoms with Crippen molar-refractivity contribution in [3.05, 3.63) is 88.6 Å². The largest absolute Gasteiger partial charge is 0.497 e. The van der Waals surface area contributed by atoms with Gasteiger partial charge in [0.15, 0.2) is 0 Å². The first-order valence-corrected chi connectivity index (χ1v) is 11.5. The molecule has 34 heavy (non-hydrogen) atoms. The minimum absolute atomic E-state index is 0.248. The van der Waals surface area contributed by atoms with Crippen LogP contribution in [0.3, 0.4) is 0 Å². The summed E-state index contributed by atoms with van der Waals surface area (Å²) in [7, 11) is 3.27. The Bertz CT molecular complexity index is 1430. The first kappa shape index (κ1) is 21.9. The van der Waals surface area contributed by atoms with Gasteiger partial charge in [0.1, 0.15) is 16.6 Å². The number of nitrogens with zero attached hydrogens (tertiary/aromatic N) is 1. The molecule has 0 fully saturated rings. The molecule has 5 rings (SSSR count). The van der Waals surface area contributed by atoms with E-state index < -0.39 is 0 Å². The maximum Gasteiger partial charge on any atom is 0.261 e. The van der Waals surface area contributed by atoms with E-state index in [1.54, 1.807) is 26.3 Å². The molecule has 170 valence electrons. The number of methoxy groups -OCH3 is 1. The summed E-state index contributed by atoms with van der Waals surface area (Å²) in [5.41, 5.74) is 6.83. The normalized spacial score (nSPS) is 11.5. The van der Waals surface area contributed by atoms with Gasteiger partial charge in [-0.1, -0.05) is 30.3 Å². The van der Waals surface area contributed by atoms with Crippen molar-refractivity contribution in [3.63, 3.8) is 0 Å². The van der Waals surface area contributed by atoms with Crippen LogP contribution in [0.5, 0.6) is 5.75 Å². The Morgan fingerprint density at radius 3 is 2.59 bits per heavy atom. The molecule has 1 aliphatic rings. The molecule has 0 saturated heterocycles. The standard InChI is InChI=1S/C27H21FN2O3S/c1-30(20-4-3-5-21(13-20)33-2)27(32)25-24(14-34-26(25)29-15-31)16-6-8-22-17(10-16)11-18-12-19(28)7-9-23(18)22/h3-10,12-15H,11H2,1-2H3,(H,29,31). The highest BCUT2D eigenvalue weighted by Gasteiger charge is 2.26. The molecule has 1 aliphatic carbocycles. The molecule has 1 heterocycles. The summed E-state index contributed by atoms with van der Waals surface area (Å²) in [6.07, 6.45) is 1.21. The van der Waals surface area contributed by atoms with E-state index in [2.05, 4.69) is 5.32 Å². The van der Waals surface area contributed by atoms with E-state index in [1.807, 2.05) is 47.8 Å². The number of benzene rings is 3. The molecule has 0 spiro atoms. The number of anilines is 2. The van der Waals surface area contributed by atoms with Crippen molar-refractivity contribution in [2.75, 3.05) is 24.4 Å². The van der Waals surface area contributed by atoms with Gasteiger partial charge in [-0.2, -0.15) is 0 Å². The molecule has 1 aromatic heterocycles. The highest BCUT2D eigenvalue weighted by atomic mass is 32.1. The van der Waals surface area contributed by atoms with E-state index >= 15 is 0 Å². The van der Waals surface area contributed by atoms with E-state index in [1.165, 1.54) is 22.3 Å². The van der Waals surface area contributed by atoms with Crippen molar-refractivity contribution in [3.8, 4) is 28.0 Å². The van der Waals surface area contributed by atoms with Gasteiger partial charge in [-0.15, -0.1) is 11.3 Å². The zero-order chi connectivity index (χ0) is 23.8. The van der Waals surface area contributed by atoms with Gasteiger partial charge < -0.3 is 15.0 Å². The average molecular weight is 473 g/mol. The van der Waals surface area contributed by atoms with E-state index in [-0.39, 0.29) is 11.7 Å². The molecule has 0 bridgehead atoms. The number of hydrogen-bond donors (Lipinski definition) is 1. The number of carbonyl (C=O) groups excluding carboxylic acids is 2. The van der Waals surface area contributed by atoms with Gasteiger partial charge in [0.2, 0.25) is 6.41 Å². The van der Waals surface area contributed by atoms with Crippen LogP contribution in [0.4, 0.5) is 15.1 Å². The average Bonchev–Trinajstić information content (AvgIpc) is 3.43. The summed E-state index contributed by atoms with van der Waals surface area (Å²) in [4.78, 5) is 26.4. The van der Waals surface area contributed by atoms with Crippen LogP contribution in [0.2, 0.25) is 0 Å².